The Hall–Kier alpha value is -2.28. The van der Waals surface area contributed by atoms with Crippen LogP contribution in [0.3, 0.4) is 0 Å². The lowest BCUT2D eigenvalue weighted by atomic mass is 9.96. The van der Waals surface area contributed by atoms with Gasteiger partial charge in [-0.25, -0.2) is 15.0 Å². The van der Waals surface area contributed by atoms with Crippen LogP contribution in [0.4, 0.5) is 5.95 Å². The van der Waals surface area contributed by atoms with Crippen molar-refractivity contribution >= 4 is 5.95 Å². The zero-order valence-electron chi connectivity index (χ0n) is 15.2. The third-order valence-corrected chi connectivity index (χ3v) is 4.73. The van der Waals surface area contributed by atoms with Gasteiger partial charge in [0.2, 0.25) is 5.95 Å². The van der Waals surface area contributed by atoms with Gasteiger partial charge in [0, 0.05) is 56.9 Å². The molecule has 3 rings (SSSR count). The van der Waals surface area contributed by atoms with Crippen LogP contribution in [0.5, 0.6) is 0 Å². The van der Waals surface area contributed by atoms with Gasteiger partial charge in [-0.15, -0.1) is 0 Å². The molecule has 1 aliphatic rings. The van der Waals surface area contributed by atoms with Crippen molar-refractivity contribution in [2.75, 3.05) is 32.1 Å². The number of aromatic nitrogens is 4. The van der Waals surface area contributed by atoms with E-state index >= 15 is 0 Å². The minimum Gasteiger partial charge on any atom is -0.347 e. The van der Waals surface area contributed by atoms with E-state index in [1.165, 1.54) is 0 Å². The van der Waals surface area contributed by atoms with E-state index in [1.54, 1.807) is 17.1 Å². The monoisotopic (exact) mass is 342 g/mol. The fourth-order valence-corrected chi connectivity index (χ4v) is 3.21. The highest BCUT2D eigenvalue weighted by molar-refractivity contribution is 5.26. The molecule has 1 fully saturated rings. The summed E-state index contributed by atoms with van der Waals surface area (Å²) in [4.78, 5) is 29.3. The second-order valence-electron chi connectivity index (χ2n) is 7.04. The highest BCUT2D eigenvalue weighted by atomic mass is 16.1. The maximum atomic E-state index is 12.1. The molecule has 0 atom stereocenters. The Labute approximate surface area is 148 Å². The molecule has 25 heavy (non-hydrogen) atoms. The van der Waals surface area contributed by atoms with Gasteiger partial charge >= 0.3 is 0 Å². The molecule has 0 aromatic carbocycles. The van der Waals surface area contributed by atoms with E-state index in [9.17, 15) is 4.79 Å². The summed E-state index contributed by atoms with van der Waals surface area (Å²) in [6.07, 6.45) is 9.29. The molecular formula is C18H26N6O. The Balaban J connectivity index is 1.51. The summed E-state index contributed by atoms with van der Waals surface area (Å²) in [5.74, 6) is 1.27. The second-order valence-corrected chi connectivity index (χ2v) is 7.04. The predicted molar refractivity (Wildman–Crippen MR) is 97.6 cm³/mol. The first-order chi connectivity index (χ1) is 12.0. The molecule has 0 amide bonds. The molecule has 0 aliphatic carbocycles. The standard InChI is InChI=1S/C18H26N6O/c1-14-8-19-13-24(17(14)25)12-15-4-6-23(7-5-15)11-16-9-20-18(21-10-16)22(2)3/h8-10,13,15H,4-7,11-12H2,1-3H3. The Morgan fingerprint density at radius 2 is 1.84 bits per heavy atom. The fraction of sp³-hybridized carbons (Fsp3) is 0.556. The van der Waals surface area contributed by atoms with Crippen LogP contribution in [0.15, 0.2) is 29.7 Å². The number of likely N-dealkylation sites (tertiary alicyclic amines) is 1. The van der Waals surface area contributed by atoms with Crippen molar-refractivity contribution in [2.24, 2.45) is 5.92 Å². The van der Waals surface area contributed by atoms with Gasteiger partial charge in [-0.2, -0.15) is 0 Å². The van der Waals surface area contributed by atoms with Crippen molar-refractivity contribution in [3.05, 3.63) is 46.4 Å². The molecule has 0 saturated carbocycles. The van der Waals surface area contributed by atoms with Crippen molar-refractivity contribution in [1.82, 2.24) is 24.4 Å². The van der Waals surface area contributed by atoms with Crippen LogP contribution in [0, 0.1) is 12.8 Å². The fourth-order valence-electron chi connectivity index (χ4n) is 3.21. The summed E-state index contributed by atoms with van der Waals surface area (Å²) in [5, 5.41) is 0. The van der Waals surface area contributed by atoms with Crippen molar-refractivity contribution in [1.29, 1.82) is 0 Å². The zero-order valence-corrected chi connectivity index (χ0v) is 15.2. The van der Waals surface area contributed by atoms with E-state index in [4.69, 9.17) is 0 Å². The largest absolute Gasteiger partial charge is 0.347 e. The van der Waals surface area contributed by atoms with Gasteiger partial charge in [-0.3, -0.25) is 14.3 Å². The van der Waals surface area contributed by atoms with Crippen LogP contribution >= 0.6 is 0 Å². The molecular weight excluding hydrogens is 316 g/mol. The number of hydrogen-bond donors (Lipinski definition) is 0. The molecule has 7 heteroatoms. The normalized spacial score (nSPS) is 16.1. The molecule has 0 spiro atoms. The van der Waals surface area contributed by atoms with E-state index in [0.717, 1.165) is 50.5 Å². The summed E-state index contributed by atoms with van der Waals surface area (Å²) in [5.41, 5.74) is 1.93. The van der Waals surface area contributed by atoms with E-state index < -0.39 is 0 Å². The van der Waals surface area contributed by atoms with Crippen LogP contribution in [-0.2, 0) is 13.1 Å². The Bertz CT molecular complexity index is 747. The average molecular weight is 342 g/mol. The van der Waals surface area contributed by atoms with E-state index in [1.807, 2.05) is 38.3 Å². The van der Waals surface area contributed by atoms with Crippen molar-refractivity contribution < 1.29 is 0 Å². The van der Waals surface area contributed by atoms with Crippen molar-refractivity contribution in [3.63, 3.8) is 0 Å². The minimum absolute atomic E-state index is 0.0792. The molecule has 2 aromatic heterocycles. The van der Waals surface area contributed by atoms with E-state index in [2.05, 4.69) is 19.9 Å². The maximum Gasteiger partial charge on any atom is 0.256 e. The van der Waals surface area contributed by atoms with Crippen LogP contribution in [-0.4, -0.2) is 51.6 Å². The summed E-state index contributed by atoms with van der Waals surface area (Å²) in [7, 11) is 3.88. The summed E-state index contributed by atoms with van der Waals surface area (Å²) in [6.45, 7) is 5.54. The third-order valence-electron chi connectivity index (χ3n) is 4.73. The molecule has 3 heterocycles. The quantitative estimate of drug-likeness (QED) is 0.816. The third kappa shape index (κ3) is 4.42. The zero-order chi connectivity index (χ0) is 17.8. The Morgan fingerprint density at radius 3 is 2.48 bits per heavy atom. The first-order valence-corrected chi connectivity index (χ1v) is 8.74. The number of hydrogen-bond acceptors (Lipinski definition) is 6. The molecule has 0 bridgehead atoms. The Kier molecular flexibility index (Phi) is 5.43. The van der Waals surface area contributed by atoms with Crippen LogP contribution in [0.25, 0.3) is 0 Å². The highest BCUT2D eigenvalue weighted by Gasteiger charge is 2.20. The van der Waals surface area contributed by atoms with Gasteiger partial charge in [0.25, 0.3) is 5.56 Å². The summed E-state index contributed by atoms with van der Waals surface area (Å²) in [6, 6.07) is 0. The number of rotatable bonds is 5. The van der Waals surface area contributed by atoms with E-state index in [-0.39, 0.29) is 5.56 Å². The van der Waals surface area contributed by atoms with Gasteiger partial charge in [0.05, 0.1) is 6.33 Å². The van der Waals surface area contributed by atoms with Gasteiger partial charge < -0.3 is 4.90 Å². The smallest absolute Gasteiger partial charge is 0.256 e. The van der Waals surface area contributed by atoms with Crippen LogP contribution in [0.1, 0.15) is 24.0 Å². The van der Waals surface area contributed by atoms with Crippen molar-refractivity contribution in [3.8, 4) is 0 Å². The Morgan fingerprint density at radius 1 is 1.16 bits per heavy atom. The number of piperidine rings is 1. The molecule has 0 N–H and O–H groups in total. The number of nitrogens with zero attached hydrogens (tertiary/aromatic N) is 6. The summed E-state index contributed by atoms with van der Waals surface area (Å²) >= 11 is 0. The topological polar surface area (TPSA) is 67.2 Å². The van der Waals surface area contributed by atoms with E-state index in [0.29, 0.717) is 11.5 Å². The molecule has 134 valence electrons. The van der Waals surface area contributed by atoms with Crippen LogP contribution < -0.4 is 10.5 Å². The lowest BCUT2D eigenvalue weighted by Gasteiger charge is -2.32. The maximum absolute atomic E-state index is 12.1. The SMILES string of the molecule is Cc1cncn(CC2CCN(Cc3cnc(N(C)C)nc3)CC2)c1=O. The molecule has 7 nitrogen and oxygen atoms in total. The highest BCUT2D eigenvalue weighted by Crippen LogP contribution is 2.20. The predicted octanol–water partition coefficient (Wildman–Crippen LogP) is 1.32. The molecule has 0 radical (unpaired) electrons. The molecule has 1 saturated heterocycles. The van der Waals surface area contributed by atoms with Gasteiger partial charge in [-0.05, 0) is 38.8 Å². The van der Waals surface area contributed by atoms with Crippen LogP contribution in [0.2, 0.25) is 0 Å². The average Bonchev–Trinajstić information content (AvgIpc) is 2.61. The molecule has 1 aliphatic heterocycles. The minimum atomic E-state index is 0.0792. The molecule has 0 unspecified atom stereocenters. The lowest BCUT2D eigenvalue weighted by Crippen LogP contribution is -2.36. The second kappa shape index (κ2) is 7.74. The lowest BCUT2D eigenvalue weighted by molar-refractivity contribution is 0.166. The van der Waals surface area contributed by atoms with Gasteiger partial charge in [0.1, 0.15) is 0 Å². The first kappa shape index (κ1) is 17.5. The van der Waals surface area contributed by atoms with Gasteiger partial charge in [-0.1, -0.05) is 0 Å². The first-order valence-electron chi connectivity index (χ1n) is 8.74. The molecule has 2 aromatic rings. The van der Waals surface area contributed by atoms with Gasteiger partial charge in [0.15, 0.2) is 0 Å². The summed E-state index contributed by atoms with van der Waals surface area (Å²) < 4.78 is 1.75. The number of anilines is 1. The number of aryl methyl sites for hydroxylation is 1. The van der Waals surface area contributed by atoms with Crippen molar-refractivity contribution in [2.45, 2.75) is 32.9 Å².